The van der Waals surface area contributed by atoms with Gasteiger partial charge in [0.25, 0.3) is 5.91 Å². The van der Waals surface area contributed by atoms with Gasteiger partial charge in [-0.2, -0.15) is 0 Å². The largest absolute Gasteiger partial charge is 0.356 e. The molecule has 8 nitrogen and oxygen atoms in total. The Hall–Kier alpha value is -3.17. The summed E-state index contributed by atoms with van der Waals surface area (Å²) in [5, 5.41) is 6.20. The average Bonchev–Trinajstić information content (AvgIpc) is 3.20. The number of amidine groups is 2. The molecule has 2 aromatic carbocycles. The molecule has 0 saturated carbocycles. The molecule has 0 aliphatic carbocycles. The first-order valence-electron chi connectivity index (χ1n) is 12.0. The summed E-state index contributed by atoms with van der Waals surface area (Å²) in [6, 6.07) is 13.5. The Morgan fingerprint density at radius 1 is 1.14 bits per heavy atom. The third kappa shape index (κ3) is 5.79. The van der Waals surface area contributed by atoms with Gasteiger partial charge < -0.3 is 10.6 Å². The quantitative estimate of drug-likeness (QED) is 0.461. The van der Waals surface area contributed by atoms with Crippen molar-refractivity contribution in [1.29, 1.82) is 0 Å². The van der Waals surface area contributed by atoms with Gasteiger partial charge in [0.15, 0.2) is 5.17 Å². The van der Waals surface area contributed by atoms with Crippen LogP contribution in [0, 0.1) is 0 Å². The van der Waals surface area contributed by atoms with Crippen molar-refractivity contribution in [1.82, 2.24) is 10.2 Å². The lowest BCUT2D eigenvalue weighted by atomic mass is 10.1. The third-order valence-corrected chi connectivity index (χ3v) is 7.37. The summed E-state index contributed by atoms with van der Waals surface area (Å²) in [5.41, 5.74) is 2.03. The molecular formula is C26H28ClN5O3S. The number of para-hydroxylation sites is 1. The fourth-order valence-electron chi connectivity index (χ4n) is 3.87. The summed E-state index contributed by atoms with van der Waals surface area (Å²) in [5.74, 6) is -0.264. The summed E-state index contributed by atoms with van der Waals surface area (Å²) < 4.78 is 0. The molecule has 3 amide bonds. The number of hydrogen-bond acceptors (Lipinski definition) is 6. The van der Waals surface area contributed by atoms with E-state index in [0.717, 1.165) is 18.4 Å². The number of carbonyl (C=O) groups excluding carboxylic acids is 3. The minimum atomic E-state index is -0.832. The Morgan fingerprint density at radius 3 is 2.61 bits per heavy atom. The molecule has 2 aliphatic rings. The highest BCUT2D eigenvalue weighted by Gasteiger charge is 2.43. The number of nitrogens with one attached hydrogen (secondary N) is 2. The Morgan fingerprint density at radius 2 is 1.89 bits per heavy atom. The first-order valence-corrected chi connectivity index (χ1v) is 13.3. The van der Waals surface area contributed by atoms with Crippen molar-refractivity contribution in [2.45, 2.75) is 50.8 Å². The maximum Gasteiger partial charge on any atom is 0.259 e. The standard InChI is InChI=1S/C26H28ClN5O3S/c1-3-5-14-28-22(33)15-20-25(35)32-23(30-20)18-8-6-7-9-19(18)31-26(32)36-21(4-2)24(34)29-17-12-10-16(27)11-13-17/h6-13,20-21H,3-5,14-15H2,1-2H3,(H,28,33)(H,29,34)/t20-,21+/m1/s1. The number of unbranched alkanes of at least 4 members (excludes halogenated alkanes) is 1. The van der Waals surface area contributed by atoms with Crippen molar-refractivity contribution in [3.8, 4) is 0 Å². The summed E-state index contributed by atoms with van der Waals surface area (Å²) in [7, 11) is 0. The van der Waals surface area contributed by atoms with Gasteiger partial charge in [0.05, 0.1) is 17.4 Å². The number of nitrogens with zero attached hydrogens (tertiary/aromatic N) is 3. The number of rotatable bonds is 9. The van der Waals surface area contributed by atoms with Crippen LogP contribution in [0.2, 0.25) is 5.02 Å². The van der Waals surface area contributed by atoms with E-state index in [1.807, 2.05) is 38.1 Å². The van der Waals surface area contributed by atoms with Crippen molar-refractivity contribution in [2.75, 3.05) is 11.9 Å². The molecule has 0 fully saturated rings. The zero-order valence-electron chi connectivity index (χ0n) is 20.2. The minimum absolute atomic E-state index is 0.0308. The van der Waals surface area contributed by atoms with E-state index in [0.29, 0.717) is 40.4 Å². The number of fused-ring (bicyclic) bond motifs is 3. The van der Waals surface area contributed by atoms with E-state index in [-0.39, 0.29) is 24.1 Å². The third-order valence-electron chi connectivity index (χ3n) is 5.80. The average molecular weight is 526 g/mol. The Balaban J connectivity index is 1.55. The first kappa shape index (κ1) is 25.9. The number of halogens is 1. The molecule has 2 aromatic rings. The molecule has 10 heteroatoms. The van der Waals surface area contributed by atoms with E-state index >= 15 is 0 Å². The Bertz CT molecular complexity index is 1210. The molecule has 0 spiro atoms. The molecule has 36 heavy (non-hydrogen) atoms. The second-order valence-electron chi connectivity index (χ2n) is 8.47. The maximum atomic E-state index is 13.4. The van der Waals surface area contributed by atoms with E-state index in [1.54, 1.807) is 24.3 Å². The summed E-state index contributed by atoms with van der Waals surface area (Å²) in [6.45, 7) is 4.52. The fourth-order valence-corrected chi connectivity index (χ4v) is 5.02. The zero-order chi connectivity index (χ0) is 25.7. The SMILES string of the molecule is CCCCNC(=O)C[C@H]1N=C2c3ccccc3N=C(S[C@@H](CC)C(=O)Nc3ccc(Cl)cc3)N2C1=O. The van der Waals surface area contributed by atoms with Crippen LogP contribution >= 0.6 is 23.4 Å². The van der Waals surface area contributed by atoms with Crippen LogP contribution in [-0.2, 0) is 14.4 Å². The summed E-state index contributed by atoms with van der Waals surface area (Å²) in [4.78, 5) is 49.7. The highest BCUT2D eigenvalue weighted by molar-refractivity contribution is 8.15. The molecule has 0 bridgehead atoms. The van der Waals surface area contributed by atoms with Crippen LogP contribution in [0.5, 0.6) is 0 Å². The van der Waals surface area contributed by atoms with Gasteiger partial charge >= 0.3 is 0 Å². The molecule has 2 heterocycles. The number of amides is 3. The highest BCUT2D eigenvalue weighted by atomic mass is 35.5. The lowest BCUT2D eigenvalue weighted by Gasteiger charge is -2.27. The minimum Gasteiger partial charge on any atom is -0.356 e. The normalized spacial score (nSPS) is 17.0. The van der Waals surface area contributed by atoms with Gasteiger partial charge in [-0.25, -0.2) is 9.89 Å². The van der Waals surface area contributed by atoms with Crippen LogP contribution in [-0.4, -0.2) is 51.5 Å². The number of benzene rings is 2. The summed E-state index contributed by atoms with van der Waals surface area (Å²) in [6.07, 6.45) is 2.33. The van der Waals surface area contributed by atoms with E-state index < -0.39 is 11.3 Å². The van der Waals surface area contributed by atoms with Crippen molar-refractivity contribution >= 4 is 63.5 Å². The number of aliphatic imine (C=N–C) groups is 2. The molecule has 2 N–H and O–H groups in total. The number of thioether (sulfide) groups is 1. The van der Waals surface area contributed by atoms with Crippen LogP contribution in [0.4, 0.5) is 11.4 Å². The topological polar surface area (TPSA) is 103 Å². The van der Waals surface area contributed by atoms with Gasteiger partial charge in [-0.15, -0.1) is 0 Å². The second-order valence-corrected chi connectivity index (χ2v) is 10.1. The molecule has 0 saturated heterocycles. The van der Waals surface area contributed by atoms with Gasteiger partial charge in [-0.05, 0) is 49.2 Å². The predicted molar refractivity (Wildman–Crippen MR) is 145 cm³/mol. The molecule has 2 aliphatic heterocycles. The smallest absolute Gasteiger partial charge is 0.259 e. The van der Waals surface area contributed by atoms with E-state index in [9.17, 15) is 14.4 Å². The monoisotopic (exact) mass is 525 g/mol. The lowest BCUT2D eigenvalue weighted by Crippen LogP contribution is -2.43. The summed E-state index contributed by atoms with van der Waals surface area (Å²) >= 11 is 7.16. The maximum absolute atomic E-state index is 13.4. The fraction of sp³-hybridized carbons (Fsp3) is 0.346. The van der Waals surface area contributed by atoms with Gasteiger partial charge in [0, 0.05) is 22.8 Å². The zero-order valence-corrected chi connectivity index (χ0v) is 21.7. The van der Waals surface area contributed by atoms with Gasteiger partial charge in [0.1, 0.15) is 11.9 Å². The van der Waals surface area contributed by atoms with Crippen molar-refractivity contribution < 1.29 is 14.4 Å². The first-order chi connectivity index (χ1) is 17.4. The molecule has 4 rings (SSSR count). The second kappa shape index (κ2) is 11.7. The van der Waals surface area contributed by atoms with Crippen molar-refractivity contribution in [2.24, 2.45) is 9.98 Å². The lowest BCUT2D eigenvalue weighted by molar-refractivity contribution is -0.128. The van der Waals surface area contributed by atoms with Crippen molar-refractivity contribution in [3.63, 3.8) is 0 Å². The van der Waals surface area contributed by atoms with E-state index in [4.69, 9.17) is 16.6 Å². The van der Waals surface area contributed by atoms with Crippen molar-refractivity contribution in [3.05, 3.63) is 59.1 Å². The van der Waals surface area contributed by atoms with Gasteiger partial charge in [0.2, 0.25) is 11.8 Å². The Kier molecular flexibility index (Phi) is 8.43. The number of carbonyl (C=O) groups is 3. The molecule has 0 unspecified atom stereocenters. The number of hydrogen-bond donors (Lipinski definition) is 2. The van der Waals surface area contributed by atoms with E-state index in [2.05, 4.69) is 15.6 Å². The molecule has 188 valence electrons. The van der Waals surface area contributed by atoms with Crippen LogP contribution in [0.25, 0.3) is 0 Å². The Labute approximate surface area is 219 Å². The van der Waals surface area contributed by atoms with Crippen LogP contribution in [0.3, 0.4) is 0 Å². The molecular weight excluding hydrogens is 498 g/mol. The van der Waals surface area contributed by atoms with Crippen LogP contribution < -0.4 is 10.6 Å². The van der Waals surface area contributed by atoms with Gasteiger partial charge in [-0.1, -0.05) is 55.8 Å². The predicted octanol–water partition coefficient (Wildman–Crippen LogP) is 4.76. The highest BCUT2D eigenvalue weighted by Crippen LogP contribution is 2.35. The van der Waals surface area contributed by atoms with Crippen LogP contribution in [0.15, 0.2) is 58.5 Å². The number of anilines is 1. The van der Waals surface area contributed by atoms with Gasteiger partial charge in [-0.3, -0.25) is 19.4 Å². The molecule has 0 radical (unpaired) electrons. The van der Waals surface area contributed by atoms with Crippen LogP contribution in [0.1, 0.15) is 45.1 Å². The molecule has 2 atom stereocenters. The molecule has 0 aromatic heterocycles. The van der Waals surface area contributed by atoms with E-state index in [1.165, 1.54) is 16.7 Å².